The smallest absolute Gasteiger partial charge is 0.171 e. The number of para-hydroxylation sites is 1. The highest BCUT2D eigenvalue weighted by molar-refractivity contribution is 6.25. The van der Waals surface area contributed by atoms with Crippen LogP contribution < -0.4 is 4.74 Å². The predicted octanol–water partition coefficient (Wildman–Crippen LogP) is 3.64. The lowest BCUT2D eigenvalue weighted by Gasteiger charge is -2.12. The first-order valence-electron chi connectivity index (χ1n) is 7.28. The van der Waals surface area contributed by atoms with Crippen molar-refractivity contribution in [3.63, 3.8) is 0 Å². The van der Waals surface area contributed by atoms with Gasteiger partial charge in [0, 0.05) is 18.4 Å². The highest BCUT2D eigenvalue weighted by Crippen LogP contribution is 2.33. The van der Waals surface area contributed by atoms with Gasteiger partial charge < -0.3 is 9.84 Å². The lowest BCUT2D eigenvalue weighted by Crippen LogP contribution is -2.03. The Hall–Kier alpha value is -2.55. The van der Waals surface area contributed by atoms with E-state index >= 15 is 0 Å². The first-order valence-corrected chi connectivity index (χ1v) is 7.28. The topological polar surface area (TPSA) is 46.5 Å². The minimum Gasteiger partial charge on any atom is -0.511 e. The Balaban J connectivity index is 2.03. The van der Waals surface area contributed by atoms with Gasteiger partial charge in [-0.3, -0.25) is 4.79 Å². The van der Waals surface area contributed by atoms with Gasteiger partial charge in [0.1, 0.15) is 11.5 Å². The van der Waals surface area contributed by atoms with Crippen LogP contribution in [0.4, 0.5) is 0 Å². The molecule has 3 heteroatoms. The molecule has 0 atom stereocenters. The first kappa shape index (κ1) is 14.4. The van der Waals surface area contributed by atoms with Crippen LogP contribution in [-0.4, -0.2) is 18.0 Å². The average molecular weight is 294 g/mol. The Morgan fingerprint density at radius 1 is 1.18 bits per heavy atom. The van der Waals surface area contributed by atoms with Gasteiger partial charge in [-0.25, -0.2) is 0 Å². The first-order chi connectivity index (χ1) is 10.6. The number of hydrogen-bond donors (Lipinski definition) is 1. The summed E-state index contributed by atoms with van der Waals surface area (Å²) in [5.74, 6) is 0.845. The molecule has 0 aromatic heterocycles. The van der Waals surface area contributed by atoms with Crippen molar-refractivity contribution in [2.24, 2.45) is 0 Å². The van der Waals surface area contributed by atoms with Crippen molar-refractivity contribution in [1.29, 1.82) is 0 Å². The molecule has 3 rings (SSSR count). The second-order valence-electron chi connectivity index (χ2n) is 5.52. The summed E-state index contributed by atoms with van der Waals surface area (Å²) in [4.78, 5) is 12.2. The summed E-state index contributed by atoms with van der Waals surface area (Å²) in [5, 5.41) is 10.5. The van der Waals surface area contributed by atoms with E-state index in [4.69, 9.17) is 4.74 Å². The van der Waals surface area contributed by atoms with Crippen LogP contribution in [0.5, 0.6) is 5.75 Å². The molecule has 1 aliphatic carbocycles. The molecule has 0 radical (unpaired) electrons. The maximum absolute atomic E-state index is 12.2. The second-order valence-corrected chi connectivity index (χ2v) is 5.52. The summed E-state index contributed by atoms with van der Waals surface area (Å²) in [6.45, 7) is 1.96. The Morgan fingerprint density at radius 2 is 1.95 bits per heavy atom. The lowest BCUT2D eigenvalue weighted by molar-refractivity contribution is -0.112. The molecular weight excluding hydrogens is 276 g/mol. The number of benzene rings is 2. The number of aryl methyl sites for hydroxylation is 1. The number of hydrogen-bond acceptors (Lipinski definition) is 3. The molecule has 112 valence electrons. The zero-order chi connectivity index (χ0) is 15.7. The molecule has 0 amide bonds. The minimum absolute atomic E-state index is 0.0229. The maximum Gasteiger partial charge on any atom is 0.171 e. The van der Waals surface area contributed by atoms with Gasteiger partial charge in [0.2, 0.25) is 0 Å². The van der Waals surface area contributed by atoms with E-state index in [9.17, 15) is 9.90 Å². The molecule has 0 saturated carbocycles. The number of aliphatic hydroxyl groups excluding tert-OH is 1. The van der Waals surface area contributed by atoms with E-state index in [0.29, 0.717) is 18.4 Å². The molecule has 22 heavy (non-hydrogen) atoms. The van der Waals surface area contributed by atoms with Crippen LogP contribution in [0.3, 0.4) is 0 Å². The van der Waals surface area contributed by atoms with Crippen molar-refractivity contribution in [2.75, 3.05) is 7.11 Å². The Morgan fingerprint density at radius 3 is 2.73 bits per heavy atom. The van der Waals surface area contributed by atoms with E-state index in [0.717, 1.165) is 28.0 Å². The molecule has 0 unspecified atom stereocenters. The zero-order valence-electron chi connectivity index (χ0n) is 12.7. The zero-order valence-corrected chi connectivity index (χ0v) is 12.7. The fraction of sp³-hybridized carbons (Fsp3) is 0.211. The van der Waals surface area contributed by atoms with E-state index in [1.165, 1.54) is 0 Å². The number of Topliss-reactive ketones (excluding diaryl/α,β-unsaturated/α-hetero) is 1. The predicted molar refractivity (Wildman–Crippen MR) is 86.1 cm³/mol. The molecule has 2 aromatic rings. The van der Waals surface area contributed by atoms with E-state index in [2.05, 4.69) is 0 Å². The van der Waals surface area contributed by atoms with Gasteiger partial charge in [-0.2, -0.15) is 0 Å². The highest BCUT2D eigenvalue weighted by atomic mass is 16.5. The van der Waals surface area contributed by atoms with Crippen molar-refractivity contribution >= 4 is 11.4 Å². The highest BCUT2D eigenvalue weighted by Gasteiger charge is 2.27. The van der Waals surface area contributed by atoms with Gasteiger partial charge in [0.15, 0.2) is 5.78 Å². The van der Waals surface area contributed by atoms with E-state index in [1.807, 2.05) is 49.4 Å². The van der Waals surface area contributed by atoms with Crippen molar-refractivity contribution in [1.82, 2.24) is 0 Å². The SMILES string of the molecule is COc1c(C)cccc1CC(O)=C1C(=O)Cc2ccccc21. The number of rotatable bonds is 3. The summed E-state index contributed by atoms with van der Waals surface area (Å²) in [7, 11) is 1.62. The summed E-state index contributed by atoms with van der Waals surface area (Å²) in [6, 6.07) is 13.4. The van der Waals surface area contributed by atoms with Gasteiger partial charge in [0.25, 0.3) is 0 Å². The molecule has 2 aromatic carbocycles. The molecule has 0 saturated heterocycles. The summed E-state index contributed by atoms with van der Waals surface area (Å²) >= 11 is 0. The second kappa shape index (κ2) is 5.68. The third kappa shape index (κ3) is 2.39. The third-order valence-electron chi connectivity index (χ3n) is 4.06. The van der Waals surface area contributed by atoms with Crippen LogP contribution in [0.2, 0.25) is 0 Å². The fourth-order valence-electron chi connectivity index (χ4n) is 3.06. The number of carbonyl (C=O) groups excluding carboxylic acids is 1. The van der Waals surface area contributed by atoms with Gasteiger partial charge in [0.05, 0.1) is 12.7 Å². The Bertz CT molecular complexity index is 772. The number of allylic oxidation sites excluding steroid dienone is 2. The summed E-state index contributed by atoms with van der Waals surface area (Å²) < 4.78 is 5.42. The number of methoxy groups -OCH3 is 1. The molecular formula is C19H18O3. The quantitative estimate of drug-likeness (QED) is 0.694. The minimum atomic E-state index is -0.0229. The number of carbonyl (C=O) groups is 1. The van der Waals surface area contributed by atoms with Crippen molar-refractivity contribution in [3.8, 4) is 5.75 Å². The number of fused-ring (bicyclic) bond motifs is 1. The van der Waals surface area contributed by atoms with Crippen LogP contribution >= 0.6 is 0 Å². The molecule has 0 heterocycles. The van der Waals surface area contributed by atoms with Gasteiger partial charge in [-0.05, 0) is 23.6 Å². The number of aliphatic hydroxyl groups is 1. The van der Waals surface area contributed by atoms with Gasteiger partial charge in [-0.15, -0.1) is 0 Å². The summed E-state index contributed by atoms with van der Waals surface area (Å²) in [5.41, 5.74) is 4.15. The standard InChI is InChI=1S/C19H18O3/c1-12-6-5-8-14(19(12)22-2)11-17(21)18-15-9-4-3-7-13(15)10-16(18)20/h3-9,21H,10-11H2,1-2H3. The van der Waals surface area contributed by atoms with Gasteiger partial charge in [-0.1, -0.05) is 42.5 Å². The van der Waals surface area contributed by atoms with Crippen LogP contribution in [-0.2, 0) is 17.6 Å². The number of ether oxygens (including phenoxy) is 1. The van der Waals surface area contributed by atoms with E-state index in [-0.39, 0.29) is 11.5 Å². The van der Waals surface area contributed by atoms with E-state index in [1.54, 1.807) is 7.11 Å². The monoisotopic (exact) mass is 294 g/mol. The molecule has 1 N–H and O–H groups in total. The van der Waals surface area contributed by atoms with Crippen molar-refractivity contribution < 1.29 is 14.6 Å². The van der Waals surface area contributed by atoms with Crippen LogP contribution in [0.1, 0.15) is 22.3 Å². The third-order valence-corrected chi connectivity index (χ3v) is 4.06. The van der Waals surface area contributed by atoms with E-state index < -0.39 is 0 Å². The van der Waals surface area contributed by atoms with Crippen molar-refractivity contribution in [2.45, 2.75) is 19.8 Å². The number of ketones is 1. The Labute approximate surface area is 129 Å². The normalized spacial score (nSPS) is 15.6. The maximum atomic E-state index is 12.2. The summed E-state index contributed by atoms with van der Waals surface area (Å²) in [6.07, 6.45) is 0.654. The van der Waals surface area contributed by atoms with Crippen LogP contribution in [0, 0.1) is 6.92 Å². The largest absolute Gasteiger partial charge is 0.511 e. The molecule has 0 spiro atoms. The lowest BCUT2D eigenvalue weighted by atomic mass is 10.0. The Kier molecular flexibility index (Phi) is 3.72. The van der Waals surface area contributed by atoms with Crippen LogP contribution in [0.15, 0.2) is 48.2 Å². The molecule has 3 nitrogen and oxygen atoms in total. The van der Waals surface area contributed by atoms with Crippen molar-refractivity contribution in [3.05, 3.63) is 70.5 Å². The average Bonchev–Trinajstić information content (AvgIpc) is 2.83. The molecule has 0 fully saturated rings. The molecule has 1 aliphatic rings. The van der Waals surface area contributed by atoms with Crippen LogP contribution in [0.25, 0.3) is 5.57 Å². The molecule has 0 bridgehead atoms. The molecule has 0 aliphatic heterocycles. The van der Waals surface area contributed by atoms with Gasteiger partial charge >= 0.3 is 0 Å². The fourth-order valence-corrected chi connectivity index (χ4v) is 3.06.